The zero-order valence-corrected chi connectivity index (χ0v) is 19.5. The molecule has 0 atom stereocenters. The van der Waals surface area contributed by atoms with E-state index in [1.807, 2.05) is 6.92 Å². The van der Waals surface area contributed by atoms with Gasteiger partial charge in [0, 0.05) is 12.2 Å². The van der Waals surface area contributed by atoms with Gasteiger partial charge in [0.25, 0.3) is 21.8 Å². The van der Waals surface area contributed by atoms with Crippen LogP contribution in [0.4, 0.5) is 11.4 Å². The number of anilines is 2. The number of unbranched alkanes of at least 4 members (excludes halogenated alkanes) is 1. The van der Waals surface area contributed by atoms with Crippen LogP contribution in [0.3, 0.4) is 0 Å². The van der Waals surface area contributed by atoms with Crippen LogP contribution in [0.5, 0.6) is 0 Å². The molecule has 0 aromatic heterocycles. The van der Waals surface area contributed by atoms with Gasteiger partial charge in [-0.3, -0.25) is 14.3 Å². The van der Waals surface area contributed by atoms with E-state index >= 15 is 0 Å². The Morgan fingerprint density at radius 1 is 0.879 bits per heavy atom. The van der Waals surface area contributed by atoms with Gasteiger partial charge in [0.2, 0.25) is 0 Å². The summed E-state index contributed by atoms with van der Waals surface area (Å²) in [6.07, 6.45) is 1.79. The molecule has 0 aliphatic heterocycles. The van der Waals surface area contributed by atoms with Gasteiger partial charge >= 0.3 is 0 Å². The minimum Gasteiger partial charge on any atom is -0.352 e. The van der Waals surface area contributed by atoms with Gasteiger partial charge in [-0.2, -0.15) is 0 Å². The maximum absolute atomic E-state index is 13.0. The maximum atomic E-state index is 13.0. The van der Waals surface area contributed by atoms with E-state index in [0.717, 1.165) is 12.8 Å². The first-order valence-corrected chi connectivity index (χ1v) is 12.2. The number of hydrogen-bond acceptors (Lipinski definition) is 4. The van der Waals surface area contributed by atoms with Crippen LogP contribution in [0.1, 0.15) is 40.5 Å². The van der Waals surface area contributed by atoms with Gasteiger partial charge in [0.1, 0.15) is 0 Å². The Balaban J connectivity index is 1.81. The number of nitrogens with one attached hydrogen (secondary N) is 3. The lowest BCUT2D eigenvalue weighted by atomic mass is 10.1. The fraction of sp³-hybridized carbons (Fsp3) is 0.167. The van der Waals surface area contributed by atoms with Crippen LogP contribution in [-0.4, -0.2) is 26.8 Å². The molecular formula is C24H24ClN3O4S. The molecule has 0 saturated carbocycles. The highest BCUT2D eigenvalue weighted by Crippen LogP contribution is 2.25. The van der Waals surface area contributed by atoms with Crippen molar-refractivity contribution in [2.45, 2.75) is 24.7 Å². The predicted octanol–water partition coefficient (Wildman–Crippen LogP) is 4.92. The van der Waals surface area contributed by atoms with E-state index in [-0.39, 0.29) is 27.1 Å². The number of carbonyl (C=O) groups is 2. The summed E-state index contributed by atoms with van der Waals surface area (Å²) in [5, 5.41) is 5.66. The third-order valence-electron chi connectivity index (χ3n) is 4.75. The Morgan fingerprint density at radius 3 is 2.30 bits per heavy atom. The standard InChI is InChI=1S/C24H24ClN3O4S/c1-2-3-15-26-23(29)19-11-7-8-12-22(19)27-24(30)20-16-17(13-14-21(20)25)28-33(31,32)18-9-5-4-6-10-18/h4-14,16,28H,2-3,15H2,1H3,(H,26,29)(H,27,30). The van der Waals surface area contributed by atoms with Gasteiger partial charge in [0.05, 0.1) is 26.7 Å². The third kappa shape index (κ3) is 6.34. The van der Waals surface area contributed by atoms with Crippen molar-refractivity contribution in [2.24, 2.45) is 0 Å². The van der Waals surface area contributed by atoms with E-state index in [1.54, 1.807) is 42.5 Å². The van der Waals surface area contributed by atoms with Gasteiger partial charge in [-0.25, -0.2) is 8.42 Å². The number of amides is 2. The molecule has 3 aromatic carbocycles. The molecule has 0 bridgehead atoms. The zero-order valence-electron chi connectivity index (χ0n) is 18.0. The Labute approximate surface area is 198 Å². The number of halogens is 1. The quantitative estimate of drug-likeness (QED) is 0.374. The van der Waals surface area contributed by atoms with Crippen molar-refractivity contribution in [3.8, 4) is 0 Å². The van der Waals surface area contributed by atoms with E-state index < -0.39 is 15.9 Å². The topological polar surface area (TPSA) is 104 Å². The first kappa shape index (κ1) is 24.3. The summed E-state index contributed by atoms with van der Waals surface area (Å²) in [6, 6.07) is 18.8. The van der Waals surface area contributed by atoms with Crippen molar-refractivity contribution in [2.75, 3.05) is 16.6 Å². The molecule has 2 amide bonds. The Bertz CT molecular complexity index is 1250. The normalized spacial score (nSPS) is 11.0. The van der Waals surface area contributed by atoms with Gasteiger partial charge in [0.15, 0.2) is 0 Å². The summed E-state index contributed by atoms with van der Waals surface area (Å²) >= 11 is 6.22. The number of sulfonamides is 1. The number of rotatable bonds is 9. The molecule has 3 aromatic rings. The van der Waals surface area contributed by atoms with E-state index in [0.29, 0.717) is 17.8 Å². The largest absolute Gasteiger partial charge is 0.352 e. The number of hydrogen-bond donors (Lipinski definition) is 3. The number of benzene rings is 3. The lowest BCUT2D eigenvalue weighted by Gasteiger charge is -2.13. The Hall–Kier alpha value is -3.36. The van der Waals surface area contributed by atoms with Crippen molar-refractivity contribution in [1.82, 2.24) is 5.32 Å². The van der Waals surface area contributed by atoms with E-state index in [2.05, 4.69) is 15.4 Å². The molecule has 7 nitrogen and oxygen atoms in total. The van der Waals surface area contributed by atoms with Gasteiger partial charge in [-0.05, 0) is 48.9 Å². The van der Waals surface area contributed by atoms with Gasteiger partial charge < -0.3 is 10.6 Å². The molecular weight excluding hydrogens is 462 g/mol. The summed E-state index contributed by atoms with van der Waals surface area (Å²) in [7, 11) is -3.83. The molecule has 3 rings (SSSR count). The van der Waals surface area contributed by atoms with E-state index in [1.165, 1.54) is 30.3 Å². The Morgan fingerprint density at radius 2 is 1.58 bits per heavy atom. The van der Waals surface area contributed by atoms with Crippen LogP contribution in [-0.2, 0) is 10.0 Å². The molecule has 0 aliphatic rings. The molecule has 0 spiro atoms. The molecule has 0 saturated heterocycles. The van der Waals surface area contributed by atoms with Crippen LogP contribution in [0.15, 0.2) is 77.7 Å². The summed E-state index contributed by atoms with van der Waals surface area (Å²) in [6.45, 7) is 2.56. The molecule has 9 heteroatoms. The lowest BCUT2D eigenvalue weighted by molar-refractivity contribution is 0.0954. The highest BCUT2D eigenvalue weighted by molar-refractivity contribution is 7.92. The number of para-hydroxylation sites is 1. The molecule has 3 N–H and O–H groups in total. The first-order valence-electron chi connectivity index (χ1n) is 10.4. The Kier molecular flexibility index (Phi) is 8.08. The van der Waals surface area contributed by atoms with Crippen molar-refractivity contribution in [1.29, 1.82) is 0 Å². The molecule has 172 valence electrons. The summed E-state index contributed by atoms with van der Waals surface area (Å²) in [4.78, 5) is 25.6. The molecule has 0 aliphatic carbocycles. The summed E-state index contributed by atoms with van der Waals surface area (Å²) < 4.78 is 27.6. The summed E-state index contributed by atoms with van der Waals surface area (Å²) in [5.41, 5.74) is 0.881. The summed E-state index contributed by atoms with van der Waals surface area (Å²) in [5.74, 6) is -0.871. The fourth-order valence-electron chi connectivity index (χ4n) is 3.03. The van der Waals surface area contributed by atoms with Crippen LogP contribution in [0.2, 0.25) is 5.02 Å². The van der Waals surface area contributed by atoms with E-state index in [4.69, 9.17) is 11.6 Å². The van der Waals surface area contributed by atoms with Crippen LogP contribution in [0, 0.1) is 0 Å². The fourth-order valence-corrected chi connectivity index (χ4v) is 4.30. The smallest absolute Gasteiger partial charge is 0.261 e. The average molecular weight is 486 g/mol. The van der Waals surface area contributed by atoms with Crippen molar-refractivity contribution >= 4 is 44.8 Å². The van der Waals surface area contributed by atoms with Crippen molar-refractivity contribution in [3.63, 3.8) is 0 Å². The van der Waals surface area contributed by atoms with Gasteiger partial charge in [-0.15, -0.1) is 0 Å². The molecule has 0 fully saturated rings. The predicted molar refractivity (Wildman–Crippen MR) is 130 cm³/mol. The van der Waals surface area contributed by atoms with Crippen molar-refractivity contribution in [3.05, 3.63) is 88.9 Å². The first-order chi connectivity index (χ1) is 15.8. The maximum Gasteiger partial charge on any atom is 0.261 e. The van der Waals surface area contributed by atoms with E-state index in [9.17, 15) is 18.0 Å². The zero-order chi connectivity index (χ0) is 23.8. The minimum atomic E-state index is -3.83. The monoisotopic (exact) mass is 485 g/mol. The minimum absolute atomic E-state index is 0.0612. The average Bonchev–Trinajstić information content (AvgIpc) is 2.81. The molecule has 0 heterocycles. The van der Waals surface area contributed by atoms with Gasteiger partial charge in [-0.1, -0.05) is 55.3 Å². The lowest BCUT2D eigenvalue weighted by Crippen LogP contribution is -2.26. The number of carbonyl (C=O) groups excluding carboxylic acids is 2. The van der Waals surface area contributed by atoms with Crippen LogP contribution < -0.4 is 15.4 Å². The van der Waals surface area contributed by atoms with Crippen LogP contribution >= 0.6 is 11.6 Å². The van der Waals surface area contributed by atoms with Crippen LogP contribution in [0.25, 0.3) is 0 Å². The second-order valence-electron chi connectivity index (χ2n) is 7.22. The molecule has 0 unspecified atom stereocenters. The second-order valence-corrected chi connectivity index (χ2v) is 9.31. The highest BCUT2D eigenvalue weighted by atomic mass is 35.5. The second kappa shape index (κ2) is 11.0. The molecule has 0 radical (unpaired) electrons. The molecule has 33 heavy (non-hydrogen) atoms. The van der Waals surface area contributed by atoms with Crippen molar-refractivity contribution < 1.29 is 18.0 Å². The third-order valence-corrected chi connectivity index (χ3v) is 6.48. The highest BCUT2D eigenvalue weighted by Gasteiger charge is 2.18. The SMILES string of the molecule is CCCCNC(=O)c1ccccc1NC(=O)c1cc(NS(=O)(=O)c2ccccc2)ccc1Cl.